The van der Waals surface area contributed by atoms with Gasteiger partial charge in [-0.05, 0) is 38.3 Å². The van der Waals surface area contributed by atoms with Crippen LogP contribution in [0, 0.1) is 0 Å². The lowest BCUT2D eigenvalue weighted by Gasteiger charge is -2.32. The Kier molecular flexibility index (Phi) is 5.75. The van der Waals surface area contributed by atoms with Gasteiger partial charge in [0, 0.05) is 56.8 Å². The van der Waals surface area contributed by atoms with E-state index in [0.29, 0.717) is 18.3 Å². The zero-order valence-corrected chi connectivity index (χ0v) is 15.7. The van der Waals surface area contributed by atoms with Gasteiger partial charge in [0.2, 0.25) is 5.88 Å². The molecule has 1 fully saturated rings. The summed E-state index contributed by atoms with van der Waals surface area (Å²) in [4.78, 5) is 18.5. The molecule has 1 aliphatic heterocycles. The number of aryl methyl sites for hydroxylation is 1. The molecule has 0 bridgehead atoms. The number of rotatable bonds is 5. The van der Waals surface area contributed by atoms with Crippen LogP contribution in [0.5, 0.6) is 5.88 Å². The van der Waals surface area contributed by atoms with Gasteiger partial charge < -0.3 is 15.0 Å². The summed E-state index contributed by atoms with van der Waals surface area (Å²) in [6.07, 6.45) is 5.61. The van der Waals surface area contributed by atoms with Crippen molar-refractivity contribution in [1.29, 1.82) is 0 Å². The van der Waals surface area contributed by atoms with Crippen LogP contribution in [0.4, 0.5) is 4.79 Å². The molecule has 0 aromatic carbocycles. The van der Waals surface area contributed by atoms with Crippen molar-refractivity contribution in [2.45, 2.75) is 45.3 Å². The van der Waals surface area contributed by atoms with Crippen molar-refractivity contribution in [2.24, 2.45) is 7.05 Å². The molecule has 7 heteroatoms. The fraction of sp³-hybridized carbons (Fsp3) is 0.526. The van der Waals surface area contributed by atoms with Gasteiger partial charge in [-0.3, -0.25) is 4.68 Å². The molecule has 3 heterocycles. The third-order valence-electron chi connectivity index (χ3n) is 4.66. The summed E-state index contributed by atoms with van der Waals surface area (Å²) < 4.78 is 7.46. The minimum atomic E-state index is -0.0176. The highest BCUT2D eigenvalue weighted by molar-refractivity contribution is 5.74. The molecular formula is C19H27N5O2. The molecule has 2 amide bonds. The second-order valence-electron chi connectivity index (χ2n) is 6.97. The van der Waals surface area contributed by atoms with E-state index in [2.05, 4.69) is 21.5 Å². The Bertz CT molecular complexity index is 718. The number of carbonyl (C=O) groups excluding carboxylic acids is 1. The molecule has 1 aliphatic rings. The molecule has 0 spiro atoms. The van der Waals surface area contributed by atoms with Gasteiger partial charge in [-0.1, -0.05) is 6.07 Å². The molecule has 2 aromatic heterocycles. The number of amides is 2. The van der Waals surface area contributed by atoms with E-state index >= 15 is 0 Å². The summed E-state index contributed by atoms with van der Waals surface area (Å²) in [7, 11) is 1.97. The summed E-state index contributed by atoms with van der Waals surface area (Å²) in [6.45, 7) is 5.93. The van der Waals surface area contributed by atoms with E-state index in [4.69, 9.17) is 4.74 Å². The van der Waals surface area contributed by atoms with E-state index in [1.807, 2.05) is 48.8 Å². The predicted octanol–water partition coefficient (Wildman–Crippen LogP) is 2.69. The number of likely N-dealkylation sites (tertiary alicyclic amines) is 1. The lowest BCUT2D eigenvalue weighted by molar-refractivity contribution is 0.180. The Morgan fingerprint density at radius 1 is 1.31 bits per heavy atom. The van der Waals surface area contributed by atoms with Crippen molar-refractivity contribution in [3.05, 3.63) is 41.9 Å². The van der Waals surface area contributed by atoms with E-state index in [0.717, 1.165) is 31.5 Å². The molecule has 140 valence electrons. The molecule has 3 rings (SSSR count). The van der Waals surface area contributed by atoms with Gasteiger partial charge in [0.1, 0.15) is 0 Å². The van der Waals surface area contributed by atoms with Gasteiger partial charge in [-0.25, -0.2) is 9.78 Å². The molecule has 0 aliphatic carbocycles. The normalized spacial score (nSPS) is 15.3. The number of carbonyl (C=O) groups is 1. The largest absolute Gasteiger partial charge is 0.475 e. The van der Waals surface area contributed by atoms with Gasteiger partial charge in [0.05, 0.1) is 6.10 Å². The van der Waals surface area contributed by atoms with Crippen molar-refractivity contribution < 1.29 is 9.53 Å². The number of pyridine rings is 1. The maximum absolute atomic E-state index is 12.4. The topological polar surface area (TPSA) is 72.3 Å². The van der Waals surface area contributed by atoms with Crippen molar-refractivity contribution in [3.8, 4) is 5.88 Å². The summed E-state index contributed by atoms with van der Waals surface area (Å²) >= 11 is 0. The van der Waals surface area contributed by atoms with Crippen LogP contribution in [0.1, 0.15) is 43.9 Å². The zero-order valence-electron chi connectivity index (χ0n) is 15.7. The van der Waals surface area contributed by atoms with Gasteiger partial charge in [0.25, 0.3) is 0 Å². The van der Waals surface area contributed by atoms with Crippen LogP contribution in [0.2, 0.25) is 0 Å². The molecule has 2 aromatic rings. The average molecular weight is 357 g/mol. The third-order valence-corrected chi connectivity index (χ3v) is 4.66. The zero-order chi connectivity index (χ0) is 18.5. The predicted molar refractivity (Wildman–Crippen MR) is 99.0 cm³/mol. The Morgan fingerprint density at radius 2 is 2.08 bits per heavy atom. The number of aromatic nitrogens is 3. The molecule has 0 radical (unpaired) electrons. The summed E-state index contributed by atoms with van der Waals surface area (Å²) in [5.74, 6) is 1.08. The van der Waals surface area contributed by atoms with Crippen LogP contribution in [0.25, 0.3) is 0 Å². The molecular weight excluding hydrogens is 330 g/mol. The van der Waals surface area contributed by atoms with Crippen LogP contribution in [-0.2, 0) is 13.6 Å². The smallest absolute Gasteiger partial charge is 0.317 e. The van der Waals surface area contributed by atoms with Crippen molar-refractivity contribution in [1.82, 2.24) is 25.0 Å². The summed E-state index contributed by atoms with van der Waals surface area (Å²) in [6, 6.07) is 5.82. The SMILES string of the molecule is CC(C)Oc1ccc(CNC(=O)N2CCC(c3ccnn3C)CC2)cn1. The first-order valence-electron chi connectivity index (χ1n) is 9.15. The first kappa shape index (κ1) is 18.2. The van der Waals surface area contributed by atoms with Crippen molar-refractivity contribution >= 4 is 6.03 Å². The maximum atomic E-state index is 12.4. The highest BCUT2D eigenvalue weighted by atomic mass is 16.5. The molecule has 0 unspecified atom stereocenters. The van der Waals surface area contributed by atoms with Gasteiger partial charge >= 0.3 is 6.03 Å². The van der Waals surface area contributed by atoms with Crippen molar-refractivity contribution in [3.63, 3.8) is 0 Å². The Balaban J connectivity index is 1.45. The van der Waals surface area contributed by atoms with Crippen LogP contribution < -0.4 is 10.1 Å². The number of piperidine rings is 1. The first-order valence-corrected chi connectivity index (χ1v) is 9.15. The molecule has 0 atom stereocenters. The number of hydrogen-bond donors (Lipinski definition) is 1. The number of nitrogens with one attached hydrogen (secondary N) is 1. The van der Waals surface area contributed by atoms with E-state index in [9.17, 15) is 4.79 Å². The van der Waals surface area contributed by atoms with E-state index in [1.165, 1.54) is 5.69 Å². The van der Waals surface area contributed by atoms with E-state index in [1.54, 1.807) is 6.20 Å². The van der Waals surface area contributed by atoms with Gasteiger partial charge in [-0.15, -0.1) is 0 Å². The van der Waals surface area contributed by atoms with Gasteiger partial charge in [-0.2, -0.15) is 5.10 Å². The fourth-order valence-corrected chi connectivity index (χ4v) is 3.28. The minimum absolute atomic E-state index is 0.0176. The second-order valence-corrected chi connectivity index (χ2v) is 6.97. The first-order chi connectivity index (χ1) is 12.5. The van der Waals surface area contributed by atoms with Crippen molar-refractivity contribution in [2.75, 3.05) is 13.1 Å². The maximum Gasteiger partial charge on any atom is 0.317 e. The van der Waals surface area contributed by atoms with Gasteiger partial charge in [0.15, 0.2) is 0 Å². The molecule has 1 N–H and O–H groups in total. The lowest BCUT2D eigenvalue weighted by Crippen LogP contribution is -2.44. The lowest BCUT2D eigenvalue weighted by atomic mass is 9.93. The fourth-order valence-electron chi connectivity index (χ4n) is 3.28. The van der Waals surface area contributed by atoms with Crippen LogP contribution in [0.3, 0.4) is 0 Å². The molecule has 26 heavy (non-hydrogen) atoms. The van der Waals surface area contributed by atoms with Crippen LogP contribution in [-0.4, -0.2) is 44.9 Å². The molecule has 1 saturated heterocycles. The highest BCUT2D eigenvalue weighted by Gasteiger charge is 2.25. The monoisotopic (exact) mass is 357 g/mol. The standard InChI is InChI=1S/C19H27N5O2/c1-14(2)26-18-5-4-15(12-20-18)13-21-19(25)24-10-7-16(8-11-24)17-6-9-22-23(17)3/h4-6,9,12,14,16H,7-8,10-11,13H2,1-3H3,(H,21,25). The Labute approximate surface area is 154 Å². The highest BCUT2D eigenvalue weighted by Crippen LogP contribution is 2.27. The summed E-state index contributed by atoms with van der Waals surface area (Å²) in [5, 5.41) is 7.22. The van der Waals surface area contributed by atoms with E-state index < -0.39 is 0 Å². The Morgan fingerprint density at radius 3 is 2.65 bits per heavy atom. The Hall–Kier alpha value is -2.57. The minimum Gasteiger partial charge on any atom is -0.475 e. The number of urea groups is 1. The van der Waals surface area contributed by atoms with Crippen LogP contribution >= 0.6 is 0 Å². The third kappa shape index (κ3) is 4.53. The molecule has 0 saturated carbocycles. The number of ether oxygens (including phenoxy) is 1. The average Bonchev–Trinajstić information content (AvgIpc) is 3.06. The van der Waals surface area contributed by atoms with E-state index in [-0.39, 0.29) is 12.1 Å². The second kappa shape index (κ2) is 8.21. The van der Waals surface area contributed by atoms with Crippen LogP contribution in [0.15, 0.2) is 30.6 Å². The number of hydrogen-bond acceptors (Lipinski definition) is 4. The quantitative estimate of drug-likeness (QED) is 0.893. The summed E-state index contributed by atoms with van der Waals surface area (Å²) in [5.41, 5.74) is 2.21. The number of nitrogens with zero attached hydrogens (tertiary/aromatic N) is 4. The molecule has 7 nitrogen and oxygen atoms in total.